The minimum Gasteiger partial charge on any atom is -0.376 e. The maximum Gasteiger partial charge on any atom is 0.243 e. The van der Waals surface area contributed by atoms with Gasteiger partial charge in [0.05, 0.1) is 11.6 Å². The number of rotatable bonds is 4. The van der Waals surface area contributed by atoms with E-state index >= 15 is 0 Å². The summed E-state index contributed by atoms with van der Waals surface area (Å²) in [6.07, 6.45) is 0. The maximum atomic E-state index is 13.0. The van der Waals surface area contributed by atoms with E-state index in [0.717, 1.165) is 11.3 Å². The first-order valence-electron chi connectivity index (χ1n) is 6.10. The number of halogens is 2. The van der Waals surface area contributed by atoms with Crippen LogP contribution >= 0.6 is 11.6 Å². The Balaban J connectivity index is 1.92. The molecule has 2 N–H and O–H groups in total. The van der Waals surface area contributed by atoms with Crippen LogP contribution in [-0.4, -0.2) is 12.5 Å². The van der Waals surface area contributed by atoms with Crippen LogP contribution in [0.5, 0.6) is 0 Å². The Hall–Kier alpha value is -2.07. The molecule has 5 heteroatoms. The molecule has 0 aliphatic rings. The number of anilines is 2. The number of carbonyl (C=O) groups excluding carboxylic acids is 1. The lowest BCUT2D eigenvalue weighted by Crippen LogP contribution is -2.22. The number of benzene rings is 2. The van der Waals surface area contributed by atoms with E-state index in [-0.39, 0.29) is 17.5 Å². The van der Waals surface area contributed by atoms with Crippen LogP contribution in [0, 0.1) is 12.7 Å². The summed E-state index contributed by atoms with van der Waals surface area (Å²) in [5.74, 6) is -0.665. The molecular formula is C15H14ClFN2O. The SMILES string of the molecule is Cc1ccccc1NC(=O)CNc1ccc(F)c(Cl)c1. The van der Waals surface area contributed by atoms with Gasteiger partial charge in [0.15, 0.2) is 0 Å². The number of hydrogen-bond acceptors (Lipinski definition) is 2. The topological polar surface area (TPSA) is 41.1 Å². The van der Waals surface area contributed by atoms with E-state index in [4.69, 9.17) is 11.6 Å². The fraction of sp³-hybridized carbons (Fsp3) is 0.133. The lowest BCUT2D eigenvalue weighted by atomic mass is 10.2. The molecule has 2 rings (SSSR count). The molecule has 2 aromatic carbocycles. The molecule has 104 valence electrons. The van der Waals surface area contributed by atoms with Crippen molar-refractivity contribution in [3.05, 3.63) is 58.9 Å². The molecule has 2 aromatic rings. The van der Waals surface area contributed by atoms with Crippen LogP contribution in [0.2, 0.25) is 5.02 Å². The number of amides is 1. The van der Waals surface area contributed by atoms with E-state index in [2.05, 4.69) is 10.6 Å². The van der Waals surface area contributed by atoms with Gasteiger partial charge in [0.25, 0.3) is 0 Å². The van der Waals surface area contributed by atoms with Crippen molar-refractivity contribution in [2.75, 3.05) is 17.2 Å². The smallest absolute Gasteiger partial charge is 0.243 e. The molecule has 0 aromatic heterocycles. The zero-order chi connectivity index (χ0) is 14.5. The number of aryl methyl sites for hydroxylation is 1. The van der Waals surface area contributed by atoms with Gasteiger partial charge in [0, 0.05) is 11.4 Å². The van der Waals surface area contributed by atoms with E-state index < -0.39 is 5.82 Å². The third-order valence-corrected chi connectivity index (χ3v) is 3.08. The lowest BCUT2D eigenvalue weighted by Gasteiger charge is -2.10. The Morgan fingerprint density at radius 1 is 1.25 bits per heavy atom. The summed E-state index contributed by atoms with van der Waals surface area (Å²) in [5.41, 5.74) is 2.36. The molecular weight excluding hydrogens is 279 g/mol. The molecule has 0 aliphatic carbocycles. The fourth-order valence-electron chi connectivity index (χ4n) is 1.70. The predicted molar refractivity (Wildman–Crippen MR) is 79.7 cm³/mol. The lowest BCUT2D eigenvalue weighted by molar-refractivity contribution is -0.114. The molecule has 0 saturated heterocycles. The second-order valence-electron chi connectivity index (χ2n) is 4.35. The summed E-state index contributed by atoms with van der Waals surface area (Å²) in [4.78, 5) is 11.8. The van der Waals surface area contributed by atoms with Crippen LogP contribution in [0.3, 0.4) is 0 Å². The van der Waals surface area contributed by atoms with E-state index in [1.54, 1.807) is 0 Å². The van der Waals surface area contributed by atoms with Gasteiger partial charge >= 0.3 is 0 Å². The Kier molecular flexibility index (Phi) is 4.58. The van der Waals surface area contributed by atoms with Crippen LogP contribution in [0.1, 0.15) is 5.56 Å². The molecule has 1 amide bonds. The van der Waals surface area contributed by atoms with Crippen LogP contribution in [0.15, 0.2) is 42.5 Å². The molecule has 0 heterocycles. The summed E-state index contributed by atoms with van der Waals surface area (Å²) in [6.45, 7) is 2.00. The molecule has 0 bridgehead atoms. The van der Waals surface area contributed by atoms with Gasteiger partial charge in [0.2, 0.25) is 5.91 Å². The average molecular weight is 293 g/mol. The zero-order valence-corrected chi connectivity index (χ0v) is 11.7. The van der Waals surface area contributed by atoms with Crippen molar-refractivity contribution < 1.29 is 9.18 Å². The number of hydrogen-bond donors (Lipinski definition) is 2. The highest BCUT2D eigenvalue weighted by Crippen LogP contribution is 2.19. The van der Waals surface area contributed by atoms with Gasteiger partial charge in [0.1, 0.15) is 5.82 Å². The summed E-state index contributed by atoms with van der Waals surface area (Å²) < 4.78 is 13.0. The molecule has 0 fully saturated rings. The number of carbonyl (C=O) groups is 1. The average Bonchev–Trinajstić information content (AvgIpc) is 2.43. The van der Waals surface area contributed by atoms with Gasteiger partial charge in [-0.15, -0.1) is 0 Å². The first-order chi connectivity index (χ1) is 9.56. The van der Waals surface area contributed by atoms with Crippen molar-refractivity contribution >= 4 is 28.9 Å². The van der Waals surface area contributed by atoms with E-state index in [9.17, 15) is 9.18 Å². The Bertz CT molecular complexity index is 631. The van der Waals surface area contributed by atoms with Crippen LogP contribution in [-0.2, 0) is 4.79 Å². The predicted octanol–water partition coefficient (Wildman–Crippen LogP) is 3.84. The molecule has 3 nitrogen and oxygen atoms in total. The summed E-state index contributed by atoms with van der Waals surface area (Å²) in [7, 11) is 0. The van der Waals surface area contributed by atoms with Gasteiger partial charge in [-0.25, -0.2) is 4.39 Å². The summed E-state index contributed by atoms with van der Waals surface area (Å²) in [6, 6.07) is 11.7. The largest absolute Gasteiger partial charge is 0.376 e. The van der Waals surface area contributed by atoms with E-state index in [1.165, 1.54) is 18.2 Å². The van der Waals surface area contributed by atoms with Gasteiger partial charge in [-0.2, -0.15) is 0 Å². The van der Waals surface area contributed by atoms with Crippen molar-refractivity contribution in [3.8, 4) is 0 Å². The molecule has 0 aliphatic heterocycles. The standard InChI is InChI=1S/C15H14ClFN2O/c1-10-4-2-3-5-14(10)19-15(20)9-18-11-6-7-13(17)12(16)8-11/h2-8,18H,9H2,1H3,(H,19,20). The highest BCUT2D eigenvalue weighted by Gasteiger charge is 2.05. The highest BCUT2D eigenvalue weighted by atomic mass is 35.5. The minimum atomic E-state index is -0.485. The van der Waals surface area contributed by atoms with Crippen molar-refractivity contribution in [2.45, 2.75) is 6.92 Å². The fourth-order valence-corrected chi connectivity index (χ4v) is 1.88. The molecule has 0 radical (unpaired) electrons. The second kappa shape index (κ2) is 6.39. The van der Waals surface area contributed by atoms with Crippen LogP contribution in [0.25, 0.3) is 0 Å². The van der Waals surface area contributed by atoms with Gasteiger partial charge < -0.3 is 10.6 Å². The minimum absolute atomic E-state index is 0.0225. The van der Waals surface area contributed by atoms with E-state index in [1.807, 2.05) is 31.2 Å². The van der Waals surface area contributed by atoms with Crippen molar-refractivity contribution in [2.24, 2.45) is 0 Å². The first kappa shape index (κ1) is 14.3. The molecule has 0 saturated carbocycles. The third kappa shape index (κ3) is 3.71. The maximum absolute atomic E-state index is 13.0. The van der Waals surface area contributed by atoms with Gasteiger partial charge in [-0.1, -0.05) is 29.8 Å². The molecule has 20 heavy (non-hydrogen) atoms. The molecule has 0 atom stereocenters. The van der Waals surface area contributed by atoms with Crippen molar-refractivity contribution in [1.29, 1.82) is 0 Å². The van der Waals surface area contributed by atoms with Crippen LogP contribution < -0.4 is 10.6 Å². The van der Waals surface area contributed by atoms with Gasteiger partial charge in [-0.05, 0) is 36.8 Å². The molecule has 0 spiro atoms. The monoisotopic (exact) mass is 292 g/mol. The molecule has 0 unspecified atom stereocenters. The third-order valence-electron chi connectivity index (χ3n) is 2.79. The number of nitrogens with one attached hydrogen (secondary N) is 2. The summed E-state index contributed by atoms with van der Waals surface area (Å²) in [5, 5.41) is 5.71. The normalized spacial score (nSPS) is 10.2. The first-order valence-corrected chi connectivity index (χ1v) is 6.48. The Morgan fingerprint density at radius 2 is 2.00 bits per heavy atom. The summed E-state index contributed by atoms with van der Waals surface area (Å²) >= 11 is 5.66. The van der Waals surface area contributed by atoms with Crippen LogP contribution in [0.4, 0.5) is 15.8 Å². The quantitative estimate of drug-likeness (QED) is 0.899. The highest BCUT2D eigenvalue weighted by molar-refractivity contribution is 6.31. The Labute approximate surface area is 121 Å². The Morgan fingerprint density at radius 3 is 2.70 bits per heavy atom. The van der Waals surface area contributed by atoms with Crippen molar-refractivity contribution in [3.63, 3.8) is 0 Å². The number of para-hydroxylation sites is 1. The second-order valence-corrected chi connectivity index (χ2v) is 4.75. The van der Waals surface area contributed by atoms with Crippen molar-refractivity contribution in [1.82, 2.24) is 0 Å². The van der Waals surface area contributed by atoms with Gasteiger partial charge in [-0.3, -0.25) is 4.79 Å². The van der Waals surface area contributed by atoms with E-state index in [0.29, 0.717) is 5.69 Å². The zero-order valence-electron chi connectivity index (χ0n) is 10.9.